The van der Waals surface area contributed by atoms with Crippen LogP contribution in [0, 0.1) is 5.41 Å². The van der Waals surface area contributed by atoms with Crippen molar-refractivity contribution in [2.45, 2.75) is 31.7 Å². The number of hydrogen-bond acceptors (Lipinski definition) is 2. The molecule has 0 radical (unpaired) electrons. The molecule has 2 saturated carbocycles. The van der Waals surface area contributed by atoms with E-state index in [2.05, 4.69) is 5.32 Å². The Kier molecular flexibility index (Phi) is 2.87. The summed E-state index contributed by atoms with van der Waals surface area (Å²) in [6, 6.07) is 2.15. The fraction of sp³-hybridized carbons (Fsp3) is 0.615. The summed E-state index contributed by atoms with van der Waals surface area (Å²) in [6.07, 6.45) is 6.05. The number of nitrogens with one attached hydrogen (secondary N) is 1. The van der Waals surface area contributed by atoms with Gasteiger partial charge in [-0.2, -0.15) is 0 Å². The molecular formula is C13H17ClN2O2. The molecule has 3 rings (SSSR count). The summed E-state index contributed by atoms with van der Waals surface area (Å²) in [6.45, 7) is 0.702. The van der Waals surface area contributed by atoms with E-state index in [1.54, 1.807) is 6.07 Å². The fourth-order valence-electron chi connectivity index (χ4n) is 2.21. The van der Waals surface area contributed by atoms with Crippen LogP contribution in [0.3, 0.4) is 0 Å². The molecule has 2 fully saturated rings. The van der Waals surface area contributed by atoms with Gasteiger partial charge in [0.2, 0.25) is 0 Å². The lowest BCUT2D eigenvalue weighted by molar-refractivity contribution is 0.0925. The van der Waals surface area contributed by atoms with Crippen LogP contribution in [0.1, 0.15) is 42.2 Å². The summed E-state index contributed by atoms with van der Waals surface area (Å²) >= 11 is 5.97. The van der Waals surface area contributed by atoms with Crippen LogP contribution < -0.4 is 5.32 Å². The van der Waals surface area contributed by atoms with Gasteiger partial charge in [-0.05, 0) is 31.7 Å². The molecule has 2 N–H and O–H groups in total. The molecule has 0 aliphatic heterocycles. The van der Waals surface area contributed by atoms with E-state index in [0.717, 1.165) is 25.7 Å². The van der Waals surface area contributed by atoms with Crippen LogP contribution in [-0.2, 0) is 0 Å². The van der Waals surface area contributed by atoms with Crippen molar-refractivity contribution in [3.63, 3.8) is 0 Å². The minimum Gasteiger partial charge on any atom is -0.396 e. The molecule has 0 bridgehead atoms. The van der Waals surface area contributed by atoms with Gasteiger partial charge in [-0.15, -0.1) is 0 Å². The van der Waals surface area contributed by atoms with Gasteiger partial charge >= 0.3 is 0 Å². The molecule has 0 saturated heterocycles. The standard InChI is InChI=1S/C13H17ClN2O2/c14-9-5-11(16(6-9)10-1-2-10)12(18)15-7-13(8-17)3-4-13/h5-6,10,17H,1-4,7-8H2,(H,15,18). The molecule has 1 aromatic heterocycles. The molecule has 0 atom stereocenters. The van der Waals surface area contributed by atoms with Crippen molar-refractivity contribution >= 4 is 17.5 Å². The molecular weight excluding hydrogens is 252 g/mol. The van der Waals surface area contributed by atoms with Crippen molar-refractivity contribution in [1.29, 1.82) is 0 Å². The molecule has 2 aliphatic carbocycles. The summed E-state index contributed by atoms with van der Waals surface area (Å²) in [4.78, 5) is 12.1. The highest BCUT2D eigenvalue weighted by atomic mass is 35.5. The van der Waals surface area contributed by atoms with E-state index in [1.807, 2.05) is 10.8 Å². The maximum Gasteiger partial charge on any atom is 0.267 e. The monoisotopic (exact) mass is 268 g/mol. The Morgan fingerprint density at radius 3 is 2.83 bits per heavy atom. The zero-order valence-electron chi connectivity index (χ0n) is 10.2. The molecule has 4 nitrogen and oxygen atoms in total. The van der Waals surface area contributed by atoms with Gasteiger partial charge < -0.3 is 15.0 Å². The topological polar surface area (TPSA) is 54.3 Å². The largest absolute Gasteiger partial charge is 0.396 e. The molecule has 5 heteroatoms. The number of halogens is 1. The number of rotatable bonds is 5. The molecule has 2 aliphatic rings. The summed E-state index contributed by atoms with van der Waals surface area (Å²) in [7, 11) is 0. The Hall–Kier alpha value is -1.00. The molecule has 98 valence electrons. The maximum absolute atomic E-state index is 12.1. The predicted octanol–water partition coefficient (Wildman–Crippen LogP) is 1.98. The summed E-state index contributed by atoms with van der Waals surface area (Å²) in [5, 5.41) is 12.7. The molecule has 1 amide bonds. The van der Waals surface area contributed by atoms with Gasteiger partial charge in [0.05, 0.1) is 11.6 Å². The van der Waals surface area contributed by atoms with Crippen molar-refractivity contribution < 1.29 is 9.90 Å². The number of carbonyl (C=O) groups excluding carboxylic acids is 1. The molecule has 0 aromatic carbocycles. The first-order valence-corrected chi connectivity index (χ1v) is 6.78. The van der Waals surface area contributed by atoms with E-state index >= 15 is 0 Å². The Morgan fingerprint density at radius 1 is 1.56 bits per heavy atom. The van der Waals surface area contributed by atoms with Crippen molar-refractivity contribution in [2.75, 3.05) is 13.2 Å². The van der Waals surface area contributed by atoms with Crippen molar-refractivity contribution in [3.8, 4) is 0 Å². The van der Waals surface area contributed by atoms with E-state index in [4.69, 9.17) is 11.6 Å². The normalized spacial score (nSPS) is 20.8. The third kappa shape index (κ3) is 2.27. The maximum atomic E-state index is 12.1. The number of aliphatic hydroxyl groups excluding tert-OH is 1. The van der Waals surface area contributed by atoms with Crippen LogP contribution in [0.2, 0.25) is 5.02 Å². The summed E-state index contributed by atoms with van der Waals surface area (Å²) in [5.74, 6) is -0.0893. The number of aliphatic hydroxyl groups is 1. The molecule has 0 unspecified atom stereocenters. The van der Waals surface area contributed by atoms with E-state index in [-0.39, 0.29) is 17.9 Å². The smallest absolute Gasteiger partial charge is 0.267 e. The van der Waals surface area contributed by atoms with Crippen LogP contribution in [0.4, 0.5) is 0 Å². The zero-order chi connectivity index (χ0) is 12.8. The summed E-state index contributed by atoms with van der Waals surface area (Å²) < 4.78 is 1.97. The average Bonchev–Trinajstić information content (AvgIpc) is 3.26. The van der Waals surface area contributed by atoms with E-state index in [9.17, 15) is 9.90 Å². The number of carbonyl (C=O) groups is 1. The Labute approximate surface area is 111 Å². The van der Waals surface area contributed by atoms with E-state index < -0.39 is 0 Å². The van der Waals surface area contributed by atoms with Crippen LogP contribution in [-0.4, -0.2) is 28.7 Å². The average molecular weight is 269 g/mol. The van der Waals surface area contributed by atoms with Crippen LogP contribution in [0.5, 0.6) is 0 Å². The van der Waals surface area contributed by atoms with Gasteiger partial charge in [0, 0.05) is 24.2 Å². The second-order valence-corrected chi connectivity index (χ2v) is 5.96. The quantitative estimate of drug-likeness (QED) is 0.858. The lowest BCUT2D eigenvalue weighted by Gasteiger charge is -2.13. The predicted molar refractivity (Wildman–Crippen MR) is 68.8 cm³/mol. The van der Waals surface area contributed by atoms with E-state index in [1.165, 1.54) is 0 Å². The molecule has 0 spiro atoms. The Morgan fingerprint density at radius 2 is 2.28 bits per heavy atom. The molecule has 18 heavy (non-hydrogen) atoms. The van der Waals surface area contributed by atoms with Crippen LogP contribution in [0.25, 0.3) is 0 Å². The Balaban J connectivity index is 1.68. The second kappa shape index (κ2) is 4.28. The molecule has 1 heterocycles. The summed E-state index contributed by atoms with van der Waals surface area (Å²) in [5.41, 5.74) is 0.576. The molecule has 1 aromatic rings. The van der Waals surface area contributed by atoms with Gasteiger partial charge in [-0.25, -0.2) is 0 Å². The number of nitrogens with zero attached hydrogens (tertiary/aromatic N) is 1. The number of hydrogen-bond donors (Lipinski definition) is 2. The van der Waals surface area contributed by atoms with Gasteiger partial charge in [0.25, 0.3) is 5.91 Å². The highest BCUT2D eigenvalue weighted by Crippen LogP contribution is 2.44. The highest BCUT2D eigenvalue weighted by Gasteiger charge is 2.42. The van der Waals surface area contributed by atoms with Crippen LogP contribution >= 0.6 is 11.6 Å². The van der Waals surface area contributed by atoms with Gasteiger partial charge in [-0.3, -0.25) is 4.79 Å². The highest BCUT2D eigenvalue weighted by molar-refractivity contribution is 6.31. The minimum absolute atomic E-state index is 0.0591. The van der Waals surface area contributed by atoms with Gasteiger partial charge in [-0.1, -0.05) is 11.6 Å². The van der Waals surface area contributed by atoms with Gasteiger partial charge in [0.1, 0.15) is 5.69 Å². The SMILES string of the molecule is O=C(NCC1(CO)CC1)c1cc(Cl)cn1C1CC1. The first-order valence-electron chi connectivity index (χ1n) is 6.40. The van der Waals surface area contributed by atoms with Crippen molar-refractivity contribution in [1.82, 2.24) is 9.88 Å². The minimum atomic E-state index is -0.0893. The lowest BCUT2D eigenvalue weighted by atomic mass is 10.1. The van der Waals surface area contributed by atoms with Gasteiger partial charge in [0.15, 0.2) is 0 Å². The van der Waals surface area contributed by atoms with E-state index in [0.29, 0.717) is 23.3 Å². The second-order valence-electron chi connectivity index (χ2n) is 5.52. The van der Waals surface area contributed by atoms with Crippen LogP contribution in [0.15, 0.2) is 12.3 Å². The number of aromatic nitrogens is 1. The lowest BCUT2D eigenvalue weighted by Crippen LogP contribution is -2.33. The van der Waals surface area contributed by atoms with Crippen molar-refractivity contribution in [3.05, 3.63) is 23.0 Å². The zero-order valence-corrected chi connectivity index (χ0v) is 10.9. The fourth-order valence-corrected chi connectivity index (χ4v) is 2.42. The third-order valence-corrected chi connectivity index (χ3v) is 4.11. The van der Waals surface area contributed by atoms with Crippen molar-refractivity contribution in [2.24, 2.45) is 5.41 Å². The first-order chi connectivity index (χ1) is 8.63. The third-order valence-electron chi connectivity index (χ3n) is 3.90. The number of amides is 1. The Bertz CT molecular complexity index is 475. The first kappa shape index (κ1) is 12.1.